The summed E-state index contributed by atoms with van der Waals surface area (Å²) in [6.45, 7) is 5.83. The van der Waals surface area contributed by atoms with Crippen molar-refractivity contribution in [2.75, 3.05) is 7.11 Å². The zero-order valence-electron chi connectivity index (χ0n) is 11.6. The molecule has 19 heavy (non-hydrogen) atoms. The van der Waals surface area contributed by atoms with Gasteiger partial charge in [-0.05, 0) is 23.6 Å². The standard InChI is InChI=1S/C15H17NO2S/c1-9(2)11-5-6-14(18-4)12(7-11)13-8-19-15(16-13)10(3)17/h5-9H,1-4H3. The van der Waals surface area contributed by atoms with Crippen LogP contribution >= 0.6 is 11.3 Å². The van der Waals surface area contributed by atoms with Crippen LogP contribution in [0.4, 0.5) is 0 Å². The molecule has 0 bridgehead atoms. The molecule has 100 valence electrons. The molecule has 0 N–H and O–H groups in total. The maximum atomic E-state index is 11.3. The number of hydrogen-bond acceptors (Lipinski definition) is 4. The van der Waals surface area contributed by atoms with Gasteiger partial charge in [0.1, 0.15) is 5.75 Å². The van der Waals surface area contributed by atoms with Gasteiger partial charge in [-0.15, -0.1) is 11.3 Å². The van der Waals surface area contributed by atoms with E-state index in [2.05, 4.69) is 31.0 Å². The highest BCUT2D eigenvalue weighted by Crippen LogP contribution is 2.33. The molecule has 2 aromatic rings. The molecule has 3 nitrogen and oxygen atoms in total. The molecule has 2 rings (SSSR count). The Labute approximate surface area is 117 Å². The molecule has 1 aromatic heterocycles. The number of ketones is 1. The number of rotatable bonds is 4. The minimum Gasteiger partial charge on any atom is -0.496 e. The summed E-state index contributed by atoms with van der Waals surface area (Å²) in [6, 6.07) is 6.10. The highest BCUT2D eigenvalue weighted by molar-refractivity contribution is 7.12. The molecule has 0 fully saturated rings. The largest absolute Gasteiger partial charge is 0.496 e. The minimum atomic E-state index is -0.00442. The second kappa shape index (κ2) is 5.53. The van der Waals surface area contributed by atoms with Gasteiger partial charge in [-0.3, -0.25) is 4.79 Å². The fourth-order valence-electron chi connectivity index (χ4n) is 1.84. The van der Waals surface area contributed by atoms with E-state index in [-0.39, 0.29) is 5.78 Å². The number of aromatic nitrogens is 1. The molecular weight excluding hydrogens is 258 g/mol. The van der Waals surface area contributed by atoms with Crippen LogP contribution in [0.15, 0.2) is 23.6 Å². The zero-order chi connectivity index (χ0) is 14.0. The fraction of sp³-hybridized carbons (Fsp3) is 0.333. The van der Waals surface area contributed by atoms with E-state index in [4.69, 9.17) is 4.74 Å². The molecule has 0 unspecified atom stereocenters. The topological polar surface area (TPSA) is 39.2 Å². The Kier molecular flexibility index (Phi) is 4.00. The maximum Gasteiger partial charge on any atom is 0.188 e. The van der Waals surface area contributed by atoms with Crippen molar-refractivity contribution in [1.29, 1.82) is 0 Å². The minimum absolute atomic E-state index is 0.00442. The second-order valence-electron chi connectivity index (χ2n) is 4.71. The van der Waals surface area contributed by atoms with E-state index in [1.54, 1.807) is 7.11 Å². The van der Waals surface area contributed by atoms with Gasteiger partial charge in [0.05, 0.1) is 12.8 Å². The Morgan fingerprint density at radius 1 is 1.37 bits per heavy atom. The number of nitrogens with zero attached hydrogens (tertiary/aromatic N) is 1. The average molecular weight is 275 g/mol. The molecule has 0 spiro atoms. The van der Waals surface area contributed by atoms with E-state index in [0.717, 1.165) is 17.0 Å². The van der Waals surface area contributed by atoms with Crippen molar-refractivity contribution in [3.05, 3.63) is 34.2 Å². The number of methoxy groups -OCH3 is 1. The van der Waals surface area contributed by atoms with Gasteiger partial charge >= 0.3 is 0 Å². The van der Waals surface area contributed by atoms with Gasteiger partial charge in [-0.2, -0.15) is 0 Å². The number of Topliss-reactive ketones (excluding diaryl/α,β-unsaturated/α-hetero) is 1. The van der Waals surface area contributed by atoms with Crippen LogP contribution in [0.5, 0.6) is 5.75 Å². The van der Waals surface area contributed by atoms with Crippen molar-refractivity contribution in [1.82, 2.24) is 4.98 Å². The third-order valence-electron chi connectivity index (χ3n) is 2.97. The van der Waals surface area contributed by atoms with Crippen LogP contribution < -0.4 is 4.74 Å². The molecule has 1 aromatic carbocycles. The molecule has 0 radical (unpaired) electrons. The van der Waals surface area contributed by atoms with Crippen molar-refractivity contribution < 1.29 is 9.53 Å². The van der Waals surface area contributed by atoms with Crippen molar-refractivity contribution in [3.8, 4) is 17.0 Å². The van der Waals surface area contributed by atoms with Crippen LogP contribution in [0.3, 0.4) is 0 Å². The summed E-state index contributed by atoms with van der Waals surface area (Å²) in [7, 11) is 1.64. The van der Waals surface area contributed by atoms with E-state index >= 15 is 0 Å². The summed E-state index contributed by atoms with van der Waals surface area (Å²) in [5.41, 5.74) is 2.97. The first-order chi connectivity index (χ1) is 9.02. The van der Waals surface area contributed by atoms with Crippen LogP contribution in [-0.2, 0) is 0 Å². The SMILES string of the molecule is COc1ccc(C(C)C)cc1-c1csc(C(C)=O)n1. The summed E-state index contributed by atoms with van der Waals surface area (Å²) in [6.07, 6.45) is 0. The number of hydrogen-bond donors (Lipinski definition) is 0. The lowest BCUT2D eigenvalue weighted by Gasteiger charge is -2.11. The molecule has 0 amide bonds. The molecule has 0 aliphatic rings. The number of ether oxygens (including phenoxy) is 1. The molecule has 0 atom stereocenters. The van der Waals surface area contributed by atoms with E-state index in [1.165, 1.54) is 23.8 Å². The highest BCUT2D eigenvalue weighted by Gasteiger charge is 2.13. The lowest BCUT2D eigenvalue weighted by molar-refractivity contribution is 0.101. The number of carbonyl (C=O) groups is 1. The quantitative estimate of drug-likeness (QED) is 0.787. The lowest BCUT2D eigenvalue weighted by atomic mass is 9.99. The monoisotopic (exact) mass is 275 g/mol. The van der Waals surface area contributed by atoms with E-state index in [9.17, 15) is 4.79 Å². The van der Waals surface area contributed by atoms with Crippen molar-refractivity contribution in [2.24, 2.45) is 0 Å². The van der Waals surface area contributed by atoms with Gasteiger partial charge in [0.25, 0.3) is 0 Å². The maximum absolute atomic E-state index is 11.3. The van der Waals surface area contributed by atoms with Gasteiger partial charge < -0.3 is 4.74 Å². The second-order valence-corrected chi connectivity index (χ2v) is 5.57. The summed E-state index contributed by atoms with van der Waals surface area (Å²) < 4.78 is 5.38. The molecule has 0 aliphatic carbocycles. The first-order valence-electron chi connectivity index (χ1n) is 6.17. The Morgan fingerprint density at radius 2 is 2.11 bits per heavy atom. The van der Waals surface area contributed by atoms with Crippen molar-refractivity contribution >= 4 is 17.1 Å². The molecule has 1 heterocycles. The predicted octanol–water partition coefficient (Wildman–Crippen LogP) is 4.14. The van der Waals surface area contributed by atoms with Crippen LogP contribution in [0.1, 0.15) is 42.1 Å². The zero-order valence-corrected chi connectivity index (χ0v) is 12.4. The van der Waals surface area contributed by atoms with Gasteiger partial charge in [-0.1, -0.05) is 19.9 Å². The summed E-state index contributed by atoms with van der Waals surface area (Å²) in [4.78, 5) is 15.7. The van der Waals surface area contributed by atoms with Crippen LogP contribution in [0, 0.1) is 0 Å². The first-order valence-corrected chi connectivity index (χ1v) is 7.05. The normalized spacial score (nSPS) is 10.8. The van der Waals surface area contributed by atoms with Crippen molar-refractivity contribution in [3.63, 3.8) is 0 Å². The average Bonchev–Trinajstić information content (AvgIpc) is 2.87. The molecule has 4 heteroatoms. The van der Waals surface area contributed by atoms with Crippen LogP contribution in [-0.4, -0.2) is 17.9 Å². The molecule has 0 aliphatic heterocycles. The van der Waals surface area contributed by atoms with Crippen LogP contribution in [0.2, 0.25) is 0 Å². The van der Waals surface area contributed by atoms with Gasteiger partial charge in [0, 0.05) is 17.9 Å². The first kappa shape index (κ1) is 13.7. The summed E-state index contributed by atoms with van der Waals surface area (Å²) in [5.74, 6) is 1.22. The van der Waals surface area contributed by atoms with Gasteiger partial charge in [0.15, 0.2) is 10.8 Å². The Bertz CT molecular complexity index is 602. The molecular formula is C15H17NO2S. The Balaban J connectivity index is 2.51. The van der Waals surface area contributed by atoms with Gasteiger partial charge in [-0.25, -0.2) is 4.98 Å². The molecule has 0 saturated carbocycles. The van der Waals surface area contributed by atoms with E-state index in [1.807, 2.05) is 11.4 Å². The Hall–Kier alpha value is -1.68. The lowest BCUT2D eigenvalue weighted by Crippen LogP contribution is -1.94. The summed E-state index contributed by atoms with van der Waals surface area (Å²) in [5, 5.41) is 2.44. The predicted molar refractivity (Wildman–Crippen MR) is 78.2 cm³/mol. The number of benzene rings is 1. The Morgan fingerprint density at radius 3 is 2.63 bits per heavy atom. The summed E-state index contributed by atoms with van der Waals surface area (Å²) >= 11 is 1.37. The van der Waals surface area contributed by atoms with Crippen LogP contribution in [0.25, 0.3) is 11.3 Å². The molecule has 0 saturated heterocycles. The highest BCUT2D eigenvalue weighted by atomic mass is 32.1. The third-order valence-corrected chi connectivity index (χ3v) is 3.91. The van der Waals surface area contributed by atoms with Crippen molar-refractivity contribution in [2.45, 2.75) is 26.7 Å². The fourth-order valence-corrected chi connectivity index (χ4v) is 2.56. The van der Waals surface area contributed by atoms with Gasteiger partial charge in [0.2, 0.25) is 0 Å². The van der Waals surface area contributed by atoms with E-state index in [0.29, 0.717) is 10.9 Å². The smallest absolute Gasteiger partial charge is 0.188 e. The van der Waals surface area contributed by atoms with E-state index < -0.39 is 0 Å². The number of thiazole rings is 1. The third kappa shape index (κ3) is 2.84. The number of carbonyl (C=O) groups excluding carboxylic acids is 1.